The van der Waals surface area contributed by atoms with Gasteiger partial charge in [0, 0.05) is 4.88 Å². The molecule has 3 rings (SSSR count). The van der Waals surface area contributed by atoms with Gasteiger partial charge in [0.1, 0.15) is 5.75 Å². The fourth-order valence-corrected chi connectivity index (χ4v) is 3.40. The number of hydrogen-bond acceptors (Lipinski definition) is 3. The van der Waals surface area contributed by atoms with E-state index in [0.717, 1.165) is 21.8 Å². The molecule has 1 aliphatic rings. The minimum absolute atomic E-state index is 0.113. The number of benzene rings is 1. The van der Waals surface area contributed by atoms with Gasteiger partial charge in [-0.1, -0.05) is 6.07 Å². The average molecular weight is 310 g/mol. The lowest BCUT2D eigenvalue weighted by molar-refractivity contribution is 0.214. The molecule has 1 aromatic carbocycles. The van der Waals surface area contributed by atoms with Crippen LogP contribution in [0.25, 0.3) is 0 Å². The minimum atomic E-state index is 0.113. The number of fused-ring (bicyclic) bond motifs is 1. The summed E-state index contributed by atoms with van der Waals surface area (Å²) in [4.78, 5) is 1.25. The number of hydrogen-bond donors (Lipinski definition) is 1. The van der Waals surface area contributed by atoms with E-state index in [0.29, 0.717) is 0 Å². The van der Waals surface area contributed by atoms with Gasteiger partial charge < -0.3 is 10.1 Å². The molecule has 0 radical (unpaired) electrons. The standard InChI is InChI=1S/C13H12BrNOS/c1-8-2-3-10-9(6-8)15-7-11(16-10)12-4-5-13(14)17-12/h2-6,11,15H,7H2,1H3. The molecule has 4 heteroatoms. The first kappa shape index (κ1) is 11.1. The smallest absolute Gasteiger partial charge is 0.150 e. The largest absolute Gasteiger partial charge is 0.481 e. The number of halogens is 1. The number of ether oxygens (including phenoxy) is 1. The second kappa shape index (κ2) is 4.35. The van der Waals surface area contributed by atoms with Crippen LogP contribution in [-0.2, 0) is 0 Å². The summed E-state index contributed by atoms with van der Waals surface area (Å²) < 4.78 is 7.16. The highest BCUT2D eigenvalue weighted by atomic mass is 79.9. The van der Waals surface area contributed by atoms with Gasteiger partial charge in [-0.2, -0.15) is 0 Å². The quantitative estimate of drug-likeness (QED) is 0.845. The Balaban J connectivity index is 1.88. The third-order valence-electron chi connectivity index (χ3n) is 2.79. The zero-order valence-electron chi connectivity index (χ0n) is 9.37. The van der Waals surface area contributed by atoms with Crippen molar-refractivity contribution < 1.29 is 4.74 Å². The van der Waals surface area contributed by atoms with Crippen molar-refractivity contribution in [3.8, 4) is 5.75 Å². The van der Waals surface area contributed by atoms with Crippen LogP contribution >= 0.6 is 27.3 Å². The van der Waals surface area contributed by atoms with Crippen LogP contribution in [0.3, 0.4) is 0 Å². The number of aryl methyl sites for hydroxylation is 1. The number of anilines is 1. The van der Waals surface area contributed by atoms with Crippen molar-refractivity contribution in [2.75, 3.05) is 11.9 Å². The molecule has 88 valence electrons. The van der Waals surface area contributed by atoms with Crippen molar-refractivity contribution in [1.29, 1.82) is 0 Å². The summed E-state index contributed by atoms with van der Waals surface area (Å²) in [6.07, 6.45) is 0.113. The number of rotatable bonds is 1. The monoisotopic (exact) mass is 309 g/mol. The van der Waals surface area contributed by atoms with Crippen LogP contribution in [0.2, 0.25) is 0 Å². The molecule has 2 aromatic rings. The fourth-order valence-electron chi connectivity index (χ4n) is 1.94. The molecule has 0 spiro atoms. The van der Waals surface area contributed by atoms with Crippen molar-refractivity contribution >= 4 is 33.0 Å². The topological polar surface area (TPSA) is 21.3 Å². The number of thiophene rings is 1. The molecule has 1 N–H and O–H groups in total. The maximum atomic E-state index is 6.01. The lowest BCUT2D eigenvalue weighted by atomic mass is 10.1. The van der Waals surface area contributed by atoms with E-state index < -0.39 is 0 Å². The molecule has 0 saturated carbocycles. The zero-order chi connectivity index (χ0) is 11.8. The molecule has 2 heterocycles. The van der Waals surface area contributed by atoms with E-state index in [1.165, 1.54) is 10.4 Å². The Kier molecular flexibility index (Phi) is 2.84. The summed E-state index contributed by atoms with van der Waals surface area (Å²) in [5.74, 6) is 0.941. The van der Waals surface area contributed by atoms with Crippen LogP contribution in [0.1, 0.15) is 16.5 Å². The van der Waals surface area contributed by atoms with Crippen LogP contribution in [-0.4, -0.2) is 6.54 Å². The lowest BCUT2D eigenvalue weighted by Gasteiger charge is -2.26. The van der Waals surface area contributed by atoms with Gasteiger partial charge in [0.15, 0.2) is 6.10 Å². The summed E-state index contributed by atoms with van der Waals surface area (Å²) >= 11 is 5.21. The van der Waals surface area contributed by atoms with E-state index in [4.69, 9.17) is 4.74 Å². The van der Waals surface area contributed by atoms with Crippen LogP contribution in [0.4, 0.5) is 5.69 Å². The molecule has 0 amide bonds. The molecule has 0 fully saturated rings. The predicted octanol–water partition coefficient (Wildman–Crippen LogP) is 4.36. The van der Waals surface area contributed by atoms with E-state index in [-0.39, 0.29) is 6.10 Å². The van der Waals surface area contributed by atoms with Gasteiger partial charge in [0.2, 0.25) is 0 Å². The first-order valence-corrected chi connectivity index (χ1v) is 7.10. The Morgan fingerprint density at radius 3 is 3.00 bits per heavy atom. The molecule has 0 bridgehead atoms. The van der Waals surface area contributed by atoms with Gasteiger partial charge in [-0.3, -0.25) is 0 Å². The van der Waals surface area contributed by atoms with E-state index in [2.05, 4.69) is 52.4 Å². The Hall–Kier alpha value is -1.000. The van der Waals surface area contributed by atoms with E-state index in [9.17, 15) is 0 Å². The summed E-state index contributed by atoms with van der Waals surface area (Å²) in [7, 11) is 0. The highest BCUT2D eigenvalue weighted by Gasteiger charge is 2.21. The van der Waals surface area contributed by atoms with Gasteiger partial charge >= 0.3 is 0 Å². The second-order valence-electron chi connectivity index (χ2n) is 4.13. The van der Waals surface area contributed by atoms with E-state index in [1.54, 1.807) is 11.3 Å². The summed E-state index contributed by atoms with van der Waals surface area (Å²) in [6.45, 7) is 2.91. The van der Waals surface area contributed by atoms with Crippen molar-refractivity contribution in [2.24, 2.45) is 0 Å². The third-order valence-corrected chi connectivity index (χ3v) is 4.51. The average Bonchev–Trinajstić information content (AvgIpc) is 2.75. The molecule has 1 unspecified atom stereocenters. The molecular formula is C13H12BrNOS. The Morgan fingerprint density at radius 1 is 1.35 bits per heavy atom. The highest BCUT2D eigenvalue weighted by molar-refractivity contribution is 9.11. The summed E-state index contributed by atoms with van der Waals surface area (Å²) in [6, 6.07) is 10.4. The Labute approximate surface area is 113 Å². The molecule has 0 saturated heterocycles. The van der Waals surface area contributed by atoms with Crippen molar-refractivity contribution in [1.82, 2.24) is 0 Å². The highest BCUT2D eigenvalue weighted by Crippen LogP contribution is 2.37. The van der Waals surface area contributed by atoms with Gasteiger partial charge in [0.25, 0.3) is 0 Å². The maximum absolute atomic E-state index is 6.01. The second-order valence-corrected chi connectivity index (χ2v) is 6.62. The van der Waals surface area contributed by atoms with Crippen molar-refractivity contribution in [3.05, 3.63) is 44.6 Å². The van der Waals surface area contributed by atoms with Crippen LogP contribution in [0.15, 0.2) is 34.1 Å². The molecule has 2 nitrogen and oxygen atoms in total. The molecular weight excluding hydrogens is 298 g/mol. The SMILES string of the molecule is Cc1ccc2c(c1)NCC(c1ccc(Br)s1)O2. The predicted molar refractivity (Wildman–Crippen MR) is 75.1 cm³/mol. The van der Waals surface area contributed by atoms with Crippen LogP contribution in [0.5, 0.6) is 5.75 Å². The van der Waals surface area contributed by atoms with Crippen molar-refractivity contribution in [3.63, 3.8) is 0 Å². The Morgan fingerprint density at radius 2 is 2.24 bits per heavy atom. The van der Waals surface area contributed by atoms with Gasteiger partial charge in [-0.05, 0) is 52.7 Å². The van der Waals surface area contributed by atoms with E-state index in [1.807, 2.05) is 6.07 Å². The summed E-state index contributed by atoms with van der Waals surface area (Å²) in [5.41, 5.74) is 2.34. The van der Waals surface area contributed by atoms with Crippen LogP contribution in [0, 0.1) is 6.92 Å². The van der Waals surface area contributed by atoms with Crippen LogP contribution < -0.4 is 10.1 Å². The Bertz CT molecular complexity index is 552. The molecule has 17 heavy (non-hydrogen) atoms. The molecule has 0 aliphatic carbocycles. The number of nitrogens with one attached hydrogen (secondary N) is 1. The van der Waals surface area contributed by atoms with Gasteiger partial charge in [0.05, 0.1) is 16.0 Å². The zero-order valence-corrected chi connectivity index (χ0v) is 11.8. The first-order valence-electron chi connectivity index (χ1n) is 5.49. The molecule has 1 atom stereocenters. The maximum Gasteiger partial charge on any atom is 0.150 e. The normalized spacial score (nSPS) is 18.1. The first-order chi connectivity index (χ1) is 8.22. The molecule has 1 aromatic heterocycles. The van der Waals surface area contributed by atoms with Crippen molar-refractivity contribution in [2.45, 2.75) is 13.0 Å². The van der Waals surface area contributed by atoms with Gasteiger partial charge in [-0.15, -0.1) is 11.3 Å². The van der Waals surface area contributed by atoms with E-state index >= 15 is 0 Å². The third kappa shape index (κ3) is 2.19. The van der Waals surface area contributed by atoms with Gasteiger partial charge in [-0.25, -0.2) is 0 Å². The minimum Gasteiger partial charge on any atom is -0.481 e. The lowest BCUT2D eigenvalue weighted by Crippen LogP contribution is -2.22. The fraction of sp³-hybridized carbons (Fsp3) is 0.231. The summed E-state index contributed by atoms with van der Waals surface area (Å²) in [5, 5.41) is 3.43. The molecule has 1 aliphatic heterocycles.